The first kappa shape index (κ1) is 63.3. The van der Waals surface area contributed by atoms with Crippen LogP contribution in [0.3, 0.4) is 0 Å². The van der Waals surface area contributed by atoms with Crippen LogP contribution in [0.1, 0.15) is 271 Å². The standard InChI is InChI=1S/C60H107NO5/c1-4-7-10-13-16-19-22-25-27-29-31-34-37-40-43-46-49-52-58(63)57(55-62)61-59(64)54-56(51-48-45-42-39-36-33-24-21-18-15-12-9-6-3)66-60(65)53-50-47-44-41-38-35-32-30-28-26-23-20-17-14-11-8-5-2/h8,11,14,17,20,23,26,28,30,32,35,38,56-58,62-63H,4-7,9-10,12-13,15-16,18-19,21-22,24-25,27,29,31,33-34,36-37,39-55H2,1-3H3,(H,61,64)/b11-8-,17-14+,23-20+,28-26-,32-30+,38-35+. The van der Waals surface area contributed by atoms with Crippen LogP contribution in [-0.4, -0.2) is 46.9 Å². The molecule has 0 saturated heterocycles. The van der Waals surface area contributed by atoms with Gasteiger partial charge in [0.15, 0.2) is 0 Å². The highest BCUT2D eigenvalue weighted by molar-refractivity contribution is 5.77. The molecule has 382 valence electrons. The van der Waals surface area contributed by atoms with Crippen LogP contribution >= 0.6 is 0 Å². The SMILES string of the molecule is CC\C=C/C=C/C=C/C=C\C=C\C=C\CCCCCC(=O)OC(CCCCCCCCCCCCCCC)CC(=O)NC(CO)C(O)CCCCCCCCCCCCCCCCCCC. The number of hydrogen-bond acceptors (Lipinski definition) is 5. The van der Waals surface area contributed by atoms with Crippen LogP contribution in [-0.2, 0) is 14.3 Å². The predicted molar refractivity (Wildman–Crippen MR) is 287 cm³/mol. The molecule has 0 aromatic carbocycles. The second-order valence-electron chi connectivity index (χ2n) is 19.1. The van der Waals surface area contributed by atoms with Gasteiger partial charge in [0.05, 0.1) is 25.2 Å². The smallest absolute Gasteiger partial charge is 0.306 e. The van der Waals surface area contributed by atoms with E-state index in [0.717, 1.165) is 70.6 Å². The van der Waals surface area contributed by atoms with E-state index in [1.165, 1.54) is 154 Å². The molecule has 3 N–H and O–H groups in total. The molecule has 0 aromatic rings. The number of nitrogens with one attached hydrogen (secondary N) is 1. The Morgan fingerprint density at radius 1 is 0.455 bits per heavy atom. The Hall–Kier alpha value is -2.70. The van der Waals surface area contributed by atoms with Crippen LogP contribution in [0.5, 0.6) is 0 Å². The summed E-state index contributed by atoms with van der Waals surface area (Å²) in [4.78, 5) is 26.2. The molecule has 6 nitrogen and oxygen atoms in total. The van der Waals surface area contributed by atoms with Gasteiger partial charge in [-0.15, -0.1) is 0 Å². The minimum absolute atomic E-state index is 0.0593. The Balaban J connectivity index is 4.59. The number of rotatable bonds is 50. The van der Waals surface area contributed by atoms with Crippen molar-refractivity contribution in [3.05, 3.63) is 72.9 Å². The van der Waals surface area contributed by atoms with Gasteiger partial charge in [-0.3, -0.25) is 9.59 Å². The lowest BCUT2D eigenvalue weighted by Crippen LogP contribution is -2.46. The summed E-state index contributed by atoms with van der Waals surface area (Å²) < 4.78 is 5.93. The average Bonchev–Trinajstić information content (AvgIpc) is 3.31. The molecule has 0 saturated carbocycles. The Bertz CT molecular complexity index is 1220. The van der Waals surface area contributed by atoms with Gasteiger partial charge < -0.3 is 20.3 Å². The molecule has 0 spiro atoms. The summed E-state index contributed by atoms with van der Waals surface area (Å²) in [6, 6.07) is -0.713. The van der Waals surface area contributed by atoms with E-state index >= 15 is 0 Å². The van der Waals surface area contributed by atoms with Crippen molar-refractivity contribution in [2.45, 2.75) is 289 Å². The number of aliphatic hydroxyl groups is 2. The van der Waals surface area contributed by atoms with Crippen molar-refractivity contribution in [1.82, 2.24) is 5.32 Å². The maximum atomic E-state index is 13.3. The molecule has 3 unspecified atom stereocenters. The summed E-state index contributed by atoms with van der Waals surface area (Å²) >= 11 is 0. The zero-order valence-electron chi connectivity index (χ0n) is 43.6. The third-order valence-electron chi connectivity index (χ3n) is 12.7. The molecule has 3 atom stereocenters. The molecule has 0 bridgehead atoms. The van der Waals surface area contributed by atoms with E-state index < -0.39 is 18.2 Å². The van der Waals surface area contributed by atoms with Crippen LogP contribution in [0.4, 0.5) is 0 Å². The lowest BCUT2D eigenvalue weighted by Gasteiger charge is -2.24. The Kier molecular flexibility index (Phi) is 51.1. The van der Waals surface area contributed by atoms with Gasteiger partial charge in [-0.1, -0.05) is 286 Å². The highest BCUT2D eigenvalue weighted by Gasteiger charge is 2.24. The molecule has 0 aliphatic rings. The molecular weight excluding hydrogens is 815 g/mol. The minimum Gasteiger partial charge on any atom is -0.462 e. The van der Waals surface area contributed by atoms with Crippen molar-refractivity contribution < 1.29 is 24.5 Å². The van der Waals surface area contributed by atoms with Crippen molar-refractivity contribution in [3.8, 4) is 0 Å². The fraction of sp³-hybridized carbons (Fsp3) is 0.767. The number of aliphatic hydroxyl groups excluding tert-OH is 2. The Morgan fingerprint density at radius 3 is 1.23 bits per heavy atom. The first-order valence-corrected chi connectivity index (χ1v) is 28.2. The van der Waals surface area contributed by atoms with Gasteiger partial charge in [-0.05, 0) is 44.9 Å². The lowest BCUT2D eigenvalue weighted by atomic mass is 10.0. The number of carbonyl (C=O) groups is 2. The van der Waals surface area contributed by atoms with E-state index in [1.807, 2.05) is 48.6 Å². The Labute approximate surface area is 409 Å². The second-order valence-corrected chi connectivity index (χ2v) is 19.1. The summed E-state index contributed by atoms with van der Waals surface area (Å²) in [7, 11) is 0. The molecule has 0 fully saturated rings. The number of unbranched alkanes of at least 4 members (excludes halogenated alkanes) is 31. The van der Waals surface area contributed by atoms with Crippen molar-refractivity contribution >= 4 is 11.9 Å². The summed E-state index contributed by atoms with van der Waals surface area (Å²) in [6.45, 7) is 6.35. The van der Waals surface area contributed by atoms with Gasteiger partial charge in [0.25, 0.3) is 0 Å². The van der Waals surface area contributed by atoms with E-state index in [9.17, 15) is 19.8 Å². The zero-order chi connectivity index (χ0) is 48.1. The number of amides is 1. The summed E-state index contributed by atoms with van der Waals surface area (Å²) in [5.74, 6) is -0.518. The predicted octanol–water partition coefficient (Wildman–Crippen LogP) is 17.3. The second kappa shape index (κ2) is 53.3. The number of ether oxygens (including phenoxy) is 1. The van der Waals surface area contributed by atoms with Crippen LogP contribution in [0.25, 0.3) is 0 Å². The van der Waals surface area contributed by atoms with E-state index in [4.69, 9.17) is 4.74 Å². The van der Waals surface area contributed by atoms with Crippen molar-refractivity contribution in [2.75, 3.05) is 6.61 Å². The molecule has 1 amide bonds. The molecule has 0 radical (unpaired) electrons. The van der Waals surface area contributed by atoms with E-state index in [0.29, 0.717) is 19.3 Å². The molecule has 0 rings (SSSR count). The molecule has 0 aromatic heterocycles. The molecule has 66 heavy (non-hydrogen) atoms. The number of esters is 1. The molecular formula is C60H107NO5. The van der Waals surface area contributed by atoms with Gasteiger partial charge in [0.1, 0.15) is 6.10 Å². The summed E-state index contributed by atoms with van der Waals surface area (Å²) in [5, 5.41) is 23.9. The lowest BCUT2D eigenvalue weighted by molar-refractivity contribution is -0.151. The van der Waals surface area contributed by atoms with E-state index in [1.54, 1.807) is 0 Å². The third-order valence-corrected chi connectivity index (χ3v) is 12.7. The highest BCUT2D eigenvalue weighted by Crippen LogP contribution is 2.18. The maximum absolute atomic E-state index is 13.3. The largest absolute Gasteiger partial charge is 0.462 e. The number of allylic oxidation sites excluding steroid dienone is 12. The van der Waals surface area contributed by atoms with E-state index in [-0.39, 0.29) is 24.9 Å². The topological polar surface area (TPSA) is 95.9 Å². The summed E-state index contributed by atoms with van der Waals surface area (Å²) in [6.07, 6.45) is 68.2. The Morgan fingerprint density at radius 2 is 0.818 bits per heavy atom. The highest BCUT2D eigenvalue weighted by atomic mass is 16.5. The monoisotopic (exact) mass is 922 g/mol. The van der Waals surface area contributed by atoms with Gasteiger partial charge >= 0.3 is 5.97 Å². The maximum Gasteiger partial charge on any atom is 0.306 e. The minimum atomic E-state index is -0.798. The van der Waals surface area contributed by atoms with Crippen molar-refractivity contribution in [1.29, 1.82) is 0 Å². The van der Waals surface area contributed by atoms with Gasteiger partial charge in [0, 0.05) is 6.42 Å². The molecule has 0 aliphatic carbocycles. The van der Waals surface area contributed by atoms with Gasteiger partial charge in [-0.2, -0.15) is 0 Å². The first-order chi connectivity index (χ1) is 32.5. The number of carbonyl (C=O) groups excluding carboxylic acids is 2. The third kappa shape index (κ3) is 47.8. The number of hydrogen-bond donors (Lipinski definition) is 3. The fourth-order valence-electron chi connectivity index (χ4n) is 8.46. The van der Waals surface area contributed by atoms with Gasteiger partial charge in [0.2, 0.25) is 5.91 Å². The van der Waals surface area contributed by atoms with Crippen LogP contribution < -0.4 is 5.32 Å². The van der Waals surface area contributed by atoms with Crippen LogP contribution in [0.2, 0.25) is 0 Å². The quantitative estimate of drug-likeness (QED) is 0.0321. The first-order valence-electron chi connectivity index (χ1n) is 28.2. The van der Waals surface area contributed by atoms with Crippen LogP contribution in [0, 0.1) is 0 Å². The van der Waals surface area contributed by atoms with Crippen molar-refractivity contribution in [3.63, 3.8) is 0 Å². The van der Waals surface area contributed by atoms with E-state index in [2.05, 4.69) is 50.4 Å². The molecule has 0 aliphatic heterocycles. The van der Waals surface area contributed by atoms with Gasteiger partial charge in [-0.25, -0.2) is 0 Å². The summed E-state index contributed by atoms with van der Waals surface area (Å²) in [5.41, 5.74) is 0. The molecule has 0 heterocycles. The molecule has 6 heteroatoms. The fourth-order valence-corrected chi connectivity index (χ4v) is 8.46. The van der Waals surface area contributed by atoms with Crippen molar-refractivity contribution in [2.24, 2.45) is 0 Å². The zero-order valence-corrected chi connectivity index (χ0v) is 43.6. The average molecular weight is 923 g/mol. The normalized spacial score (nSPS) is 13.7. The van der Waals surface area contributed by atoms with Crippen LogP contribution in [0.15, 0.2) is 72.9 Å².